The maximum absolute atomic E-state index is 14.3. The SMILES string of the molecule is CCCCCCCCCCCCN1C(=O)c2c(-c3ccc(C)s3)ccc(-c3ccc(-c4cc5c(ccc6c5ccc5c7ccc8sc(C)cc8c7ccc65)s4)s3)c2C1=O. The first-order valence-corrected chi connectivity index (χ1v) is 24.6. The van der Waals surface area contributed by atoms with Crippen LogP contribution in [-0.4, -0.2) is 23.3 Å². The van der Waals surface area contributed by atoms with Gasteiger partial charge in [0.25, 0.3) is 11.8 Å². The van der Waals surface area contributed by atoms with Crippen molar-refractivity contribution in [2.24, 2.45) is 0 Å². The molecule has 4 aromatic heterocycles. The molecule has 296 valence electrons. The van der Waals surface area contributed by atoms with Crippen LogP contribution in [0.3, 0.4) is 0 Å². The Labute approximate surface area is 361 Å². The van der Waals surface area contributed by atoms with Crippen molar-refractivity contribution >= 4 is 110 Å². The van der Waals surface area contributed by atoms with Gasteiger partial charge in [-0.05, 0) is 101 Å². The number of fused-ring (bicyclic) bond motifs is 10. The number of aryl methyl sites for hydroxylation is 2. The molecule has 0 saturated carbocycles. The van der Waals surface area contributed by atoms with Crippen LogP contribution in [-0.2, 0) is 0 Å². The van der Waals surface area contributed by atoms with Crippen molar-refractivity contribution in [1.82, 2.24) is 4.90 Å². The van der Waals surface area contributed by atoms with Crippen LogP contribution in [0.25, 0.3) is 83.1 Å². The second-order valence-electron chi connectivity index (χ2n) is 16.3. The first-order valence-electron chi connectivity index (χ1n) is 21.3. The van der Waals surface area contributed by atoms with E-state index >= 15 is 0 Å². The van der Waals surface area contributed by atoms with Crippen LogP contribution in [0.4, 0.5) is 0 Å². The third-order valence-corrected chi connectivity index (χ3v) is 16.8. The first kappa shape index (κ1) is 38.5. The number of nitrogens with zero attached hydrogens (tertiary/aromatic N) is 1. The summed E-state index contributed by atoms with van der Waals surface area (Å²) in [6.45, 7) is 7.01. The van der Waals surface area contributed by atoms with Gasteiger partial charge < -0.3 is 0 Å². The molecule has 5 heterocycles. The van der Waals surface area contributed by atoms with Crippen molar-refractivity contribution in [3.63, 3.8) is 0 Å². The average Bonchev–Trinajstić information content (AvgIpc) is 4.09. The predicted molar refractivity (Wildman–Crippen MR) is 258 cm³/mol. The molecule has 1 aliphatic heterocycles. The second-order valence-corrected chi connectivity index (χ2v) is 21.0. The quantitative estimate of drug-likeness (QED) is 0.0621. The minimum absolute atomic E-state index is 0.146. The van der Waals surface area contributed by atoms with E-state index in [1.165, 1.54) is 122 Å². The van der Waals surface area contributed by atoms with E-state index in [0.717, 1.165) is 40.1 Å². The molecule has 10 rings (SSSR count). The molecule has 2 amide bonds. The number of rotatable bonds is 14. The van der Waals surface area contributed by atoms with E-state index in [-0.39, 0.29) is 11.8 Å². The molecule has 0 bridgehead atoms. The van der Waals surface area contributed by atoms with Crippen LogP contribution < -0.4 is 0 Å². The Morgan fingerprint density at radius 1 is 0.407 bits per heavy atom. The van der Waals surface area contributed by atoms with E-state index in [4.69, 9.17) is 0 Å². The number of unbranched alkanes of at least 4 members (excludes halogenated alkanes) is 9. The number of carbonyl (C=O) groups is 2. The number of hydrogen-bond acceptors (Lipinski definition) is 6. The number of benzene rings is 5. The van der Waals surface area contributed by atoms with Gasteiger partial charge in [-0.2, -0.15) is 0 Å². The molecule has 1 aliphatic rings. The van der Waals surface area contributed by atoms with Gasteiger partial charge in [0.05, 0.1) is 11.1 Å². The summed E-state index contributed by atoms with van der Waals surface area (Å²) in [5.74, 6) is -0.295. The molecule has 59 heavy (non-hydrogen) atoms. The summed E-state index contributed by atoms with van der Waals surface area (Å²) in [6.07, 6.45) is 12.1. The Morgan fingerprint density at radius 3 is 1.46 bits per heavy atom. The van der Waals surface area contributed by atoms with Gasteiger partial charge in [-0.1, -0.05) is 113 Å². The summed E-state index contributed by atoms with van der Waals surface area (Å²) in [5.41, 5.74) is 2.86. The summed E-state index contributed by atoms with van der Waals surface area (Å²) in [5, 5.41) is 10.4. The van der Waals surface area contributed by atoms with Crippen molar-refractivity contribution in [2.45, 2.75) is 85.0 Å². The zero-order valence-corrected chi connectivity index (χ0v) is 37.2. The van der Waals surface area contributed by atoms with Gasteiger partial charge in [0, 0.05) is 67.1 Å². The van der Waals surface area contributed by atoms with Crippen LogP contribution in [0, 0.1) is 13.8 Å². The highest BCUT2D eigenvalue weighted by Gasteiger charge is 2.40. The zero-order chi connectivity index (χ0) is 40.2. The Morgan fingerprint density at radius 2 is 0.881 bits per heavy atom. The van der Waals surface area contributed by atoms with Gasteiger partial charge in [-0.15, -0.1) is 45.3 Å². The Bertz CT molecular complexity index is 3080. The van der Waals surface area contributed by atoms with Crippen molar-refractivity contribution in [2.75, 3.05) is 6.54 Å². The fourth-order valence-corrected chi connectivity index (χ4v) is 13.3. The summed E-state index contributed by atoms with van der Waals surface area (Å²) >= 11 is 7.06. The molecule has 0 saturated heterocycles. The summed E-state index contributed by atoms with van der Waals surface area (Å²) in [6, 6.07) is 35.7. The molecule has 0 aliphatic carbocycles. The van der Waals surface area contributed by atoms with Crippen LogP contribution in [0.1, 0.15) is 102 Å². The van der Waals surface area contributed by atoms with E-state index in [9.17, 15) is 9.59 Å². The van der Waals surface area contributed by atoms with E-state index in [1.54, 1.807) is 22.7 Å². The van der Waals surface area contributed by atoms with E-state index in [0.29, 0.717) is 17.7 Å². The number of amides is 2. The molecule has 0 N–H and O–H groups in total. The molecule has 0 atom stereocenters. The normalized spacial score (nSPS) is 13.1. The number of carbonyl (C=O) groups excluding carboxylic acids is 2. The standard InChI is InChI=1S/C52H47NO2S4/c1-4-5-6-7-8-9-10-11-12-13-28-53-51(54)49-39(43-23-14-31(2)56-43)19-20-40(50(49)52(53)55)44-26-27-47(58-44)48-30-42-38-18-16-33-34(36(38)22-25-46(42)59-48)15-17-37-35(33)21-24-45-41(37)29-32(3)57-45/h14-27,29-30H,4-13,28H2,1-3H3. The maximum atomic E-state index is 14.3. The summed E-state index contributed by atoms with van der Waals surface area (Å²) in [7, 11) is 0. The largest absolute Gasteiger partial charge is 0.274 e. The lowest BCUT2D eigenvalue weighted by molar-refractivity contribution is 0.0652. The van der Waals surface area contributed by atoms with Crippen LogP contribution >= 0.6 is 45.3 Å². The molecule has 0 radical (unpaired) electrons. The van der Waals surface area contributed by atoms with E-state index < -0.39 is 0 Å². The second kappa shape index (κ2) is 16.1. The number of imide groups is 1. The Kier molecular flexibility index (Phi) is 10.5. The fraction of sp³-hybridized carbons (Fsp3) is 0.269. The molecule has 0 unspecified atom stereocenters. The highest BCUT2D eigenvalue weighted by Crippen LogP contribution is 2.47. The third-order valence-electron chi connectivity index (χ3n) is 12.3. The highest BCUT2D eigenvalue weighted by atomic mass is 32.1. The number of hydrogen-bond donors (Lipinski definition) is 0. The van der Waals surface area contributed by atoms with Crippen molar-refractivity contribution in [1.29, 1.82) is 0 Å². The summed E-state index contributed by atoms with van der Waals surface area (Å²) in [4.78, 5) is 37.1. The van der Waals surface area contributed by atoms with Gasteiger partial charge >= 0.3 is 0 Å². The lowest BCUT2D eigenvalue weighted by atomic mass is 9.95. The molecule has 5 aromatic carbocycles. The lowest BCUT2D eigenvalue weighted by Gasteiger charge is -2.13. The van der Waals surface area contributed by atoms with Crippen molar-refractivity contribution < 1.29 is 9.59 Å². The minimum atomic E-state index is -0.149. The molecule has 3 nitrogen and oxygen atoms in total. The predicted octanol–water partition coefficient (Wildman–Crippen LogP) is 16.8. The van der Waals surface area contributed by atoms with Crippen LogP contribution in [0.15, 0.2) is 97.1 Å². The van der Waals surface area contributed by atoms with Crippen molar-refractivity contribution in [3.8, 4) is 30.6 Å². The average molecular weight is 846 g/mol. The minimum Gasteiger partial charge on any atom is -0.274 e. The monoisotopic (exact) mass is 845 g/mol. The molecule has 0 fully saturated rings. The number of thiophene rings is 4. The zero-order valence-electron chi connectivity index (χ0n) is 33.9. The molecule has 9 aromatic rings. The smallest absolute Gasteiger partial charge is 0.262 e. The Hall–Kier alpha value is -4.66. The molecular formula is C52H47NO2S4. The molecular weight excluding hydrogens is 799 g/mol. The third kappa shape index (κ3) is 6.94. The Balaban J connectivity index is 0.944. The van der Waals surface area contributed by atoms with Crippen LogP contribution in [0.2, 0.25) is 0 Å². The van der Waals surface area contributed by atoms with E-state index in [2.05, 4.69) is 118 Å². The first-order chi connectivity index (χ1) is 28.9. The van der Waals surface area contributed by atoms with Gasteiger partial charge in [0.15, 0.2) is 0 Å². The van der Waals surface area contributed by atoms with Crippen LogP contribution in [0.5, 0.6) is 0 Å². The van der Waals surface area contributed by atoms with Gasteiger partial charge in [0.1, 0.15) is 0 Å². The molecule has 0 spiro atoms. The summed E-state index contributed by atoms with van der Waals surface area (Å²) < 4.78 is 2.61. The van der Waals surface area contributed by atoms with E-state index in [1.807, 2.05) is 22.7 Å². The van der Waals surface area contributed by atoms with Gasteiger partial charge in [-0.3, -0.25) is 14.5 Å². The fourth-order valence-electron chi connectivity index (χ4n) is 9.30. The van der Waals surface area contributed by atoms with Gasteiger partial charge in [0.2, 0.25) is 0 Å². The topological polar surface area (TPSA) is 37.4 Å². The highest BCUT2D eigenvalue weighted by molar-refractivity contribution is 7.27. The lowest BCUT2D eigenvalue weighted by Crippen LogP contribution is -2.30. The van der Waals surface area contributed by atoms with Crippen molar-refractivity contribution in [3.05, 3.63) is 118 Å². The maximum Gasteiger partial charge on any atom is 0.262 e. The molecule has 7 heteroatoms. The van der Waals surface area contributed by atoms with Gasteiger partial charge in [-0.25, -0.2) is 0 Å².